The molecule has 0 bridgehead atoms. The zero-order valence-electron chi connectivity index (χ0n) is 20.2. The largest absolute Gasteiger partial charge is 0.462 e. The number of hydrogen-bond donors (Lipinski definition) is 0. The van der Waals surface area contributed by atoms with Crippen molar-refractivity contribution in [3.8, 4) is 0 Å². The van der Waals surface area contributed by atoms with E-state index in [2.05, 4.69) is 52.0 Å². The fourth-order valence-corrected chi connectivity index (χ4v) is 3.73. The average molecular weight is 415 g/mol. The first-order valence-corrected chi connectivity index (χ1v) is 12.4. The lowest BCUT2D eigenvalue weighted by Crippen LogP contribution is -2.10. The molecule has 0 atom stereocenters. The van der Waals surface area contributed by atoms with E-state index >= 15 is 0 Å². The summed E-state index contributed by atoms with van der Waals surface area (Å²) < 4.78 is 5.48. The molecule has 0 heterocycles. The molecule has 0 aromatic rings. The van der Waals surface area contributed by atoms with E-state index in [9.17, 15) is 4.79 Å². The minimum atomic E-state index is -0.108. The van der Waals surface area contributed by atoms with Crippen LogP contribution in [0.1, 0.15) is 118 Å². The van der Waals surface area contributed by atoms with E-state index in [4.69, 9.17) is 4.74 Å². The first-order valence-electron chi connectivity index (χ1n) is 12.4. The molecule has 1 aliphatic carbocycles. The Balaban J connectivity index is 2.12. The van der Waals surface area contributed by atoms with Crippen LogP contribution < -0.4 is 0 Å². The van der Waals surface area contributed by atoms with Crippen molar-refractivity contribution in [2.24, 2.45) is 0 Å². The number of carbonyl (C=O) groups is 1. The molecule has 1 rings (SSSR count). The maximum absolute atomic E-state index is 12.2. The summed E-state index contributed by atoms with van der Waals surface area (Å²) in [4.78, 5) is 12.2. The highest BCUT2D eigenvalue weighted by atomic mass is 16.5. The Hall–Kier alpha value is -1.57. The molecular formula is C28H46O2. The number of rotatable bonds is 16. The lowest BCUT2D eigenvalue weighted by atomic mass is 9.95. The van der Waals surface area contributed by atoms with Crippen molar-refractivity contribution >= 4 is 5.97 Å². The van der Waals surface area contributed by atoms with E-state index in [1.807, 2.05) is 0 Å². The number of carbonyl (C=O) groups excluding carboxylic acids is 1. The molecule has 170 valence electrons. The summed E-state index contributed by atoms with van der Waals surface area (Å²) in [5.41, 5.74) is 5.16. The van der Waals surface area contributed by atoms with Crippen LogP contribution in [0.5, 0.6) is 0 Å². The van der Waals surface area contributed by atoms with Gasteiger partial charge in [-0.1, -0.05) is 92.9 Å². The quantitative estimate of drug-likeness (QED) is 0.143. The molecule has 0 aromatic carbocycles. The van der Waals surface area contributed by atoms with Crippen molar-refractivity contribution in [2.45, 2.75) is 118 Å². The van der Waals surface area contributed by atoms with Gasteiger partial charge < -0.3 is 4.74 Å². The van der Waals surface area contributed by atoms with Gasteiger partial charge in [-0.25, -0.2) is 4.79 Å². The predicted molar refractivity (Wildman–Crippen MR) is 131 cm³/mol. The van der Waals surface area contributed by atoms with E-state index in [1.165, 1.54) is 61.7 Å². The van der Waals surface area contributed by atoms with Crippen LogP contribution in [0, 0.1) is 0 Å². The number of hydrogen-bond acceptors (Lipinski definition) is 2. The Morgan fingerprint density at radius 2 is 1.60 bits per heavy atom. The topological polar surface area (TPSA) is 26.3 Å². The van der Waals surface area contributed by atoms with Crippen molar-refractivity contribution < 1.29 is 9.53 Å². The maximum Gasteiger partial charge on any atom is 0.334 e. The highest BCUT2D eigenvalue weighted by Crippen LogP contribution is 2.23. The van der Waals surface area contributed by atoms with Gasteiger partial charge in [0.2, 0.25) is 0 Å². The van der Waals surface area contributed by atoms with Crippen LogP contribution in [0.15, 0.2) is 46.6 Å². The van der Waals surface area contributed by atoms with Gasteiger partial charge in [-0.3, -0.25) is 0 Å². The average Bonchev–Trinajstić information content (AvgIpc) is 2.72. The van der Waals surface area contributed by atoms with Crippen molar-refractivity contribution in [2.75, 3.05) is 6.61 Å². The summed E-state index contributed by atoms with van der Waals surface area (Å²) in [6.45, 7) is 9.36. The lowest BCUT2D eigenvalue weighted by molar-refractivity contribution is -0.139. The molecule has 2 nitrogen and oxygen atoms in total. The van der Waals surface area contributed by atoms with Crippen molar-refractivity contribution in [3.63, 3.8) is 0 Å². The summed E-state index contributed by atoms with van der Waals surface area (Å²) in [6.07, 6.45) is 25.2. The van der Waals surface area contributed by atoms with Gasteiger partial charge in [0.25, 0.3) is 0 Å². The van der Waals surface area contributed by atoms with Crippen LogP contribution in [0.25, 0.3) is 0 Å². The lowest BCUT2D eigenvalue weighted by Gasteiger charge is -2.13. The van der Waals surface area contributed by atoms with Gasteiger partial charge in [0, 0.05) is 5.57 Å². The number of ether oxygens (including phenoxy) is 1. The fraction of sp³-hybridized carbons (Fsp3) is 0.679. The fourth-order valence-electron chi connectivity index (χ4n) is 3.73. The molecule has 1 aliphatic rings. The molecule has 0 unspecified atom stereocenters. The van der Waals surface area contributed by atoms with Crippen LogP contribution in [-0.4, -0.2) is 12.6 Å². The van der Waals surface area contributed by atoms with Gasteiger partial charge >= 0.3 is 5.97 Å². The molecule has 0 spiro atoms. The summed E-state index contributed by atoms with van der Waals surface area (Å²) in [5, 5.41) is 0. The summed E-state index contributed by atoms with van der Waals surface area (Å²) in [6, 6.07) is 0. The number of esters is 1. The van der Waals surface area contributed by atoms with Gasteiger partial charge in [0.15, 0.2) is 0 Å². The summed E-state index contributed by atoms with van der Waals surface area (Å²) in [5.74, 6) is -0.108. The van der Waals surface area contributed by atoms with Crippen LogP contribution in [0.3, 0.4) is 0 Å². The molecular weight excluding hydrogens is 368 g/mol. The van der Waals surface area contributed by atoms with E-state index in [1.54, 1.807) is 0 Å². The van der Waals surface area contributed by atoms with Gasteiger partial charge in [-0.2, -0.15) is 0 Å². The third kappa shape index (κ3) is 13.6. The highest BCUT2D eigenvalue weighted by molar-refractivity contribution is 5.89. The van der Waals surface area contributed by atoms with Crippen molar-refractivity contribution in [1.82, 2.24) is 0 Å². The van der Waals surface area contributed by atoms with Crippen LogP contribution in [0.4, 0.5) is 0 Å². The summed E-state index contributed by atoms with van der Waals surface area (Å²) >= 11 is 0. The van der Waals surface area contributed by atoms with Crippen molar-refractivity contribution in [3.05, 3.63) is 46.6 Å². The summed E-state index contributed by atoms with van der Waals surface area (Å²) in [7, 11) is 0. The Bertz CT molecular complexity index is 600. The molecule has 0 N–H and O–H groups in total. The normalized spacial score (nSPS) is 14.2. The molecule has 2 heteroatoms. The second-order valence-electron chi connectivity index (χ2n) is 9.02. The predicted octanol–water partition coefficient (Wildman–Crippen LogP) is 8.79. The van der Waals surface area contributed by atoms with Gasteiger partial charge in [0.05, 0.1) is 6.61 Å². The van der Waals surface area contributed by atoms with E-state index in [0.29, 0.717) is 6.61 Å². The monoisotopic (exact) mass is 414 g/mol. The highest BCUT2D eigenvalue weighted by Gasteiger charge is 2.13. The third-order valence-corrected chi connectivity index (χ3v) is 5.76. The smallest absolute Gasteiger partial charge is 0.334 e. The second kappa shape index (κ2) is 17.1. The Morgan fingerprint density at radius 3 is 2.23 bits per heavy atom. The molecule has 0 aliphatic heterocycles. The van der Waals surface area contributed by atoms with Gasteiger partial charge in [0.1, 0.15) is 0 Å². The van der Waals surface area contributed by atoms with Crippen molar-refractivity contribution in [1.29, 1.82) is 0 Å². The molecule has 0 fully saturated rings. The first-order chi connectivity index (χ1) is 14.5. The van der Waals surface area contributed by atoms with E-state index in [0.717, 1.165) is 50.5 Å². The molecule has 0 saturated heterocycles. The molecule has 0 aromatic heterocycles. The molecule has 0 radical (unpaired) electrons. The van der Waals surface area contributed by atoms with Crippen LogP contribution in [0.2, 0.25) is 0 Å². The van der Waals surface area contributed by atoms with Crippen LogP contribution >= 0.6 is 0 Å². The Labute approximate surface area is 186 Å². The van der Waals surface area contributed by atoms with Crippen LogP contribution in [-0.2, 0) is 9.53 Å². The first kappa shape index (κ1) is 26.5. The molecule has 0 amide bonds. The minimum absolute atomic E-state index is 0.108. The maximum atomic E-state index is 12.2. The minimum Gasteiger partial charge on any atom is -0.462 e. The second-order valence-corrected chi connectivity index (χ2v) is 9.02. The Kier molecular flexibility index (Phi) is 15.1. The standard InChI is InChI=1S/C28H46O2/c1-5-6-7-8-9-10-11-12-23-30-28(29)27-21-19-26(20-22-27)18-14-17-25(4)16-13-15-24(2)3/h15,17,19,22H,5-14,16,18,20-21,23H2,1-4H3. The Morgan fingerprint density at radius 1 is 0.900 bits per heavy atom. The SMILES string of the molecule is CCCCCCCCCCOC(=O)C1=CCC(CCC=C(C)CCC=C(C)C)=CC1. The molecule has 30 heavy (non-hydrogen) atoms. The van der Waals surface area contributed by atoms with Gasteiger partial charge in [-0.05, 0) is 65.7 Å². The zero-order valence-corrected chi connectivity index (χ0v) is 20.2. The van der Waals surface area contributed by atoms with Gasteiger partial charge in [-0.15, -0.1) is 0 Å². The third-order valence-electron chi connectivity index (χ3n) is 5.76. The zero-order chi connectivity index (χ0) is 22.0. The number of unbranched alkanes of at least 4 members (excludes halogenated alkanes) is 7. The molecule has 0 saturated carbocycles. The van der Waals surface area contributed by atoms with E-state index in [-0.39, 0.29) is 5.97 Å². The number of allylic oxidation sites excluding steroid dienone is 7. The van der Waals surface area contributed by atoms with E-state index < -0.39 is 0 Å².